The number of anilines is 1. The molecule has 0 aliphatic carbocycles. The van der Waals surface area contributed by atoms with Gasteiger partial charge in [0.1, 0.15) is 5.75 Å². The van der Waals surface area contributed by atoms with Gasteiger partial charge in [-0.1, -0.05) is 30.3 Å². The molecule has 4 rings (SSSR count). The Labute approximate surface area is 150 Å². The number of thioether (sulfide) groups is 1. The summed E-state index contributed by atoms with van der Waals surface area (Å²) in [6.45, 7) is 2.60. The van der Waals surface area contributed by atoms with E-state index in [9.17, 15) is 5.26 Å². The molecule has 0 saturated heterocycles. The second-order valence-electron chi connectivity index (χ2n) is 5.49. The number of aliphatic imine (C=N–C) groups is 1. The first kappa shape index (κ1) is 15.6. The van der Waals surface area contributed by atoms with Gasteiger partial charge in [0, 0.05) is 16.5 Å². The molecular weight excluding hydrogens is 330 g/mol. The van der Waals surface area contributed by atoms with E-state index in [0.717, 1.165) is 38.5 Å². The van der Waals surface area contributed by atoms with Crippen molar-refractivity contribution < 1.29 is 4.74 Å². The third-order valence-corrected chi connectivity index (χ3v) is 4.92. The van der Waals surface area contributed by atoms with E-state index in [1.165, 1.54) is 0 Å². The molecule has 0 fully saturated rings. The van der Waals surface area contributed by atoms with Crippen LogP contribution in [-0.4, -0.2) is 11.8 Å². The first-order chi connectivity index (χ1) is 12.3. The number of benzene rings is 2. The zero-order valence-electron chi connectivity index (χ0n) is 13.6. The van der Waals surface area contributed by atoms with Crippen molar-refractivity contribution >= 4 is 28.3 Å². The van der Waals surface area contributed by atoms with Crippen molar-refractivity contribution in [1.29, 1.82) is 5.26 Å². The van der Waals surface area contributed by atoms with Gasteiger partial charge in [-0.25, -0.2) is 4.99 Å². The summed E-state index contributed by atoms with van der Waals surface area (Å²) in [5.41, 5.74) is 3.74. The zero-order valence-corrected chi connectivity index (χ0v) is 14.5. The van der Waals surface area contributed by atoms with Crippen LogP contribution in [0, 0.1) is 11.3 Å². The predicted octanol–water partition coefficient (Wildman–Crippen LogP) is 4.82. The molecule has 0 saturated carbocycles. The number of hydrogen-bond acceptors (Lipinski definition) is 5. The molecule has 2 aromatic carbocycles. The van der Waals surface area contributed by atoms with E-state index >= 15 is 0 Å². The van der Waals surface area contributed by atoms with Gasteiger partial charge < -0.3 is 4.74 Å². The van der Waals surface area contributed by atoms with Gasteiger partial charge in [0.15, 0.2) is 5.17 Å². The molecule has 0 atom stereocenters. The summed E-state index contributed by atoms with van der Waals surface area (Å²) in [7, 11) is 0. The van der Waals surface area contributed by atoms with Crippen LogP contribution in [0.15, 0.2) is 76.3 Å². The van der Waals surface area contributed by atoms with E-state index in [-0.39, 0.29) is 0 Å². The number of nitrogens with zero attached hydrogens (tertiary/aromatic N) is 3. The van der Waals surface area contributed by atoms with Crippen LogP contribution >= 0.6 is 11.8 Å². The SMILES string of the molecule is CCOc1ccc2c(c1)SC1=NC(c3ccccc3)=C/C(=C\C#N)N12. The van der Waals surface area contributed by atoms with Crippen LogP contribution in [-0.2, 0) is 0 Å². The van der Waals surface area contributed by atoms with Crippen molar-refractivity contribution in [1.82, 2.24) is 0 Å². The molecule has 0 radical (unpaired) electrons. The highest BCUT2D eigenvalue weighted by Gasteiger charge is 2.32. The lowest BCUT2D eigenvalue weighted by molar-refractivity contribution is 0.339. The molecule has 0 unspecified atom stereocenters. The lowest BCUT2D eigenvalue weighted by Gasteiger charge is -2.24. The quantitative estimate of drug-likeness (QED) is 0.749. The minimum absolute atomic E-state index is 0.632. The van der Waals surface area contributed by atoms with Gasteiger partial charge in [-0.3, -0.25) is 4.90 Å². The minimum Gasteiger partial charge on any atom is -0.494 e. The van der Waals surface area contributed by atoms with E-state index in [1.54, 1.807) is 17.8 Å². The van der Waals surface area contributed by atoms with Crippen molar-refractivity contribution in [2.24, 2.45) is 4.99 Å². The minimum atomic E-state index is 0.632. The van der Waals surface area contributed by atoms with Crippen molar-refractivity contribution in [2.75, 3.05) is 11.5 Å². The van der Waals surface area contributed by atoms with Crippen LogP contribution in [0.2, 0.25) is 0 Å². The van der Waals surface area contributed by atoms with Crippen LogP contribution in [0.3, 0.4) is 0 Å². The molecule has 2 heterocycles. The topological polar surface area (TPSA) is 48.6 Å². The summed E-state index contributed by atoms with van der Waals surface area (Å²) in [5, 5.41) is 10.1. The Morgan fingerprint density at radius 3 is 2.84 bits per heavy atom. The molecule has 0 N–H and O–H groups in total. The summed E-state index contributed by atoms with van der Waals surface area (Å²) in [5.74, 6) is 0.844. The summed E-state index contributed by atoms with van der Waals surface area (Å²) < 4.78 is 5.60. The third kappa shape index (κ3) is 2.81. The average Bonchev–Trinajstić information content (AvgIpc) is 3.00. The van der Waals surface area contributed by atoms with E-state index in [4.69, 9.17) is 9.73 Å². The largest absolute Gasteiger partial charge is 0.494 e. The number of rotatable bonds is 3. The molecule has 2 aromatic rings. The lowest BCUT2D eigenvalue weighted by Crippen LogP contribution is -2.25. The highest BCUT2D eigenvalue weighted by molar-refractivity contribution is 8.14. The van der Waals surface area contributed by atoms with Crippen LogP contribution in [0.25, 0.3) is 5.70 Å². The second kappa shape index (κ2) is 6.50. The number of amidine groups is 1. The molecule has 5 heteroatoms. The monoisotopic (exact) mass is 345 g/mol. The number of nitriles is 1. The standard InChI is InChI=1S/C20H15N3OS/c1-2-24-16-8-9-18-19(13-16)25-20-22-17(14-6-4-3-5-7-14)12-15(10-11-21)23(18)20/h3-10,12-13H,2H2,1H3/b15-10+. The molecule has 0 spiro atoms. The Morgan fingerprint density at radius 2 is 2.08 bits per heavy atom. The molecule has 122 valence electrons. The Kier molecular flexibility index (Phi) is 4.04. The van der Waals surface area contributed by atoms with Gasteiger partial charge in [-0.15, -0.1) is 0 Å². The summed E-state index contributed by atoms with van der Waals surface area (Å²) in [6.07, 6.45) is 3.51. The average molecular weight is 345 g/mol. The van der Waals surface area contributed by atoms with E-state index < -0.39 is 0 Å². The molecule has 2 aliphatic heterocycles. The van der Waals surface area contributed by atoms with Gasteiger partial charge in [-0.2, -0.15) is 5.26 Å². The number of hydrogen-bond donors (Lipinski definition) is 0. The Balaban J connectivity index is 1.79. The first-order valence-corrected chi connectivity index (χ1v) is 8.82. The summed E-state index contributed by atoms with van der Waals surface area (Å²) in [6, 6.07) is 18.1. The fourth-order valence-corrected chi connectivity index (χ4v) is 3.93. The highest BCUT2D eigenvalue weighted by Crippen LogP contribution is 2.47. The van der Waals surface area contributed by atoms with E-state index in [0.29, 0.717) is 6.61 Å². The van der Waals surface area contributed by atoms with Gasteiger partial charge in [-0.05, 0) is 43.0 Å². The molecule has 25 heavy (non-hydrogen) atoms. The second-order valence-corrected chi connectivity index (χ2v) is 6.50. The lowest BCUT2D eigenvalue weighted by atomic mass is 10.1. The smallest absolute Gasteiger partial charge is 0.178 e. The maximum Gasteiger partial charge on any atom is 0.178 e. The molecule has 2 aliphatic rings. The van der Waals surface area contributed by atoms with Crippen molar-refractivity contribution in [3.8, 4) is 11.8 Å². The Bertz CT molecular complexity index is 955. The van der Waals surface area contributed by atoms with Gasteiger partial charge in [0.05, 0.1) is 29.8 Å². The van der Waals surface area contributed by atoms with Crippen molar-refractivity contribution in [3.05, 3.63) is 71.9 Å². The van der Waals surface area contributed by atoms with Gasteiger partial charge in [0.2, 0.25) is 0 Å². The van der Waals surface area contributed by atoms with Crippen LogP contribution in [0.4, 0.5) is 5.69 Å². The van der Waals surface area contributed by atoms with E-state index in [2.05, 4.69) is 6.07 Å². The third-order valence-electron chi connectivity index (χ3n) is 3.92. The molecule has 0 aromatic heterocycles. The molecule has 4 nitrogen and oxygen atoms in total. The molecule has 0 amide bonds. The fourth-order valence-electron chi connectivity index (χ4n) is 2.86. The number of allylic oxidation sites excluding steroid dienone is 2. The zero-order chi connectivity index (χ0) is 17.2. The van der Waals surface area contributed by atoms with Gasteiger partial charge >= 0.3 is 0 Å². The van der Waals surface area contributed by atoms with Crippen molar-refractivity contribution in [2.45, 2.75) is 11.8 Å². The normalized spacial score (nSPS) is 16.6. The van der Waals surface area contributed by atoms with Crippen molar-refractivity contribution in [3.63, 3.8) is 0 Å². The first-order valence-electron chi connectivity index (χ1n) is 8.00. The van der Waals surface area contributed by atoms with Crippen LogP contribution in [0.5, 0.6) is 5.75 Å². The van der Waals surface area contributed by atoms with Crippen LogP contribution in [0.1, 0.15) is 12.5 Å². The van der Waals surface area contributed by atoms with E-state index in [1.807, 2.05) is 66.4 Å². The summed E-state index contributed by atoms with van der Waals surface area (Å²) in [4.78, 5) is 7.91. The maximum atomic E-state index is 9.21. The number of ether oxygens (including phenoxy) is 1. The molecular formula is C20H15N3OS. The Morgan fingerprint density at radius 1 is 1.24 bits per heavy atom. The fraction of sp³-hybridized carbons (Fsp3) is 0.100. The number of fused-ring (bicyclic) bond motifs is 3. The predicted molar refractivity (Wildman–Crippen MR) is 101 cm³/mol. The Hall–Kier alpha value is -2.97. The maximum absolute atomic E-state index is 9.21. The van der Waals surface area contributed by atoms with Gasteiger partial charge in [0.25, 0.3) is 0 Å². The summed E-state index contributed by atoms with van der Waals surface area (Å²) >= 11 is 1.59. The highest BCUT2D eigenvalue weighted by atomic mass is 32.2. The molecule has 0 bridgehead atoms. The van der Waals surface area contributed by atoms with Crippen LogP contribution < -0.4 is 9.64 Å².